The Morgan fingerprint density at radius 3 is 2.09 bits per heavy atom. The molecule has 0 heterocycles. The van der Waals surface area contributed by atoms with Gasteiger partial charge >= 0.3 is 0 Å². The minimum absolute atomic E-state index is 0. The van der Waals surface area contributed by atoms with E-state index in [2.05, 4.69) is 32.9 Å². The molecular weight excluding hydrogens is 132 g/mol. The van der Waals surface area contributed by atoms with Crippen LogP contribution in [0.25, 0.3) is 0 Å². The first kappa shape index (κ1) is 17.0. The largest absolute Gasteiger partial charge is 0.0883 e. The minimum Gasteiger partial charge on any atom is -0.0883 e. The summed E-state index contributed by atoms with van der Waals surface area (Å²) in [5.41, 5.74) is 0. The summed E-state index contributed by atoms with van der Waals surface area (Å²) in [6, 6.07) is 0. The second kappa shape index (κ2) is 12.4. The SMILES string of the molecule is C.C.CCCC=CC(C)CC. The van der Waals surface area contributed by atoms with Gasteiger partial charge in [-0.15, -0.1) is 0 Å². The highest BCUT2D eigenvalue weighted by Gasteiger charge is 1.87. The van der Waals surface area contributed by atoms with Crippen LogP contribution in [0.5, 0.6) is 0 Å². The van der Waals surface area contributed by atoms with Crippen molar-refractivity contribution in [3.8, 4) is 0 Å². The lowest BCUT2D eigenvalue weighted by Crippen LogP contribution is -1.83. The molecule has 0 aromatic heterocycles. The molecule has 0 saturated heterocycles. The maximum absolute atomic E-state index is 2.31. The molecule has 0 saturated carbocycles. The second-order valence-electron chi connectivity index (χ2n) is 2.60. The highest BCUT2D eigenvalue weighted by atomic mass is 13.9. The number of hydrogen-bond donors (Lipinski definition) is 0. The van der Waals surface area contributed by atoms with Crippen LogP contribution in [0.4, 0.5) is 0 Å². The summed E-state index contributed by atoms with van der Waals surface area (Å²) >= 11 is 0. The summed E-state index contributed by atoms with van der Waals surface area (Å²) in [5, 5.41) is 0. The first-order valence-corrected chi connectivity index (χ1v) is 3.97. The van der Waals surface area contributed by atoms with Gasteiger partial charge in [-0.1, -0.05) is 60.6 Å². The zero-order valence-corrected chi connectivity index (χ0v) is 6.85. The fourth-order valence-electron chi connectivity index (χ4n) is 0.631. The van der Waals surface area contributed by atoms with Crippen molar-refractivity contribution >= 4 is 0 Å². The summed E-state index contributed by atoms with van der Waals surface area (Å²) in [6.45, 7) is 6.69. The molecule has 70 valence electrons. The van der Waals surface area contributed by atoms with Gasteiger partial charge in [0.15, 0.2) is 0 Å². The van der Waals surface area contributed by atoms with Crippen molar-refractivity contribution in [1.82, 2.24) is 0 Å². The topological polar surface area (TPSA) is 0 Å². The lowest BCUT2D eigenvalue weighted by atomic mass is 10.1. The molecule has 0 heteroatoms. The van der Waals surface area contributed by atoms with Gasteiger partial charge in [-0.3, -0.25) is 0 Å². The van der Waals surface area contributed by atoms with Gasteiger partial charge in [0.2, 0.25) is 0 Å². The molecule has 0 rings (SSSR count). The minimum atomic E-state index is 0. The Labute approximate surface area is 73.7 Å². The van der Waals surface area contributed by atoms with Crippen LogP contribution in [-0.4, -0.2) is 0 Å². The fourth-order valence-corrected chi connectivity index (χ4v) is 0.631. The molecule has 0 spiro atoms. The molecule has 0 aliphatic carbocycles. The van der Waals surface area contributed by atoms with Crippen molar-refractivity contribution in [3.63, 3.8) is 0 Å². The Morgan fingerprint density at radius 2 is 1.73 bits per heavy atom. The lowest BCUT2D eigenvalue weighted by Gasteiger charge is -1.97. The van der Waals surface area contributed by atoms with E-state index in [9.17, 15) is 0 Å². The number of unbranched alkanes of at least 4 members (excludes halogenated alkanes) is 1. The number of hydrogen-bond acceptors (Lipinski definition) is 0. The third kappa shape index (κ3) is 12.8. The Bertz CT molecular complexity index is 72.1. The predicted molar refractivity (Wildman–Crippen MR) is 57.0 cm³/mol. The van der Waals surface area contributed by atoms with Crippen molar-refractivity contribution in [2.24, 2.45) is 5.92 Å². The van der Waals surface area contributed by atoms with Gasteiger partial charge in [0.25, 0.3) is 0 Å². The molecule has 0 amide bonds. The van der Waals surface area contributed by atoms with Crippen molar-refractivity contribution in [2.45, 2.75) is 54.9 Å². The van der Waals surface area contributed by atoms with E-state index in [4.69, 9.17) is 0 Å². The van der Waals surface area contributed by atoms with E-state index in [1.165, 1.54) is 19.3 Å². The predicted octanol–water partition coefficient (Wildman–Crippen LogP) is 4.66. The Morgan fingerprint density at radius 1 is 1.18 bits per heavy atom. The first-order valence-electron chi connectivity index (χ1n) is 3.97. The van der Waals surface area contributed by atoms with Crippen molar-refractivity contribution in [1.29, 1.82) is 0 Å². The van der Waals surface area contributed by atoms with Crippen molar-refractivity contribution in [2.75, 3.05) is 0 Å². The van der Waals surface area contributed by atoms with Crippen LogP contribution in [0.3, 0.4) is 0 Å². The normalized spacial score (nSPS) is 11.9. The van der Waals surface area contributed by atoms with Gasteiger partial charge < -0.3 is 0 Å². The molecule has 1 unspecified atom stereocenters. The number of rotatable bonds is 4. The van der Waals surface area contributed by atoms with E-state index in [1.807, 2.05) is 0 Å². The smallest absolute Gasteiger partial charge is 0.0265 e. The Balaban J connectivity index is -0.000000320. The van der Waals surface area contributed by atoms with E-state index in [0.29, 0.717) is 0 Å². The van der Waals surface area contributed by atoms with E-state index in [0.717, 1.165) is 5.92 Å². The quantitative estimate of drug-likeness (QED) is 0.522. The first-order chi connectivity index (χ1) is 4.31. The molecule has 0 radical (unpaired) electrons. The molecule has 11 heavy (non-hydrogen) atoms. The molecule has 0 aliphatic rings. The van der Waals surface area contributed by atoms with Crippen LogP contribution in [-0.2, 0) is 0 Å². The molecule has 0 fully saturated rings. The summed E-state index contributed by atoms with van der Waals surface area (Å²) < 4.78 is 0. The van der Waals surface area contributed by atoms with Crippen LogP contribution in [0.2, 0.25) is 0 Å². The summed E-state index contributed by atoms with van der Waals surface area (Å²) in [4.78, 5) is 0. The second-order valence-corrected chi connectivity index (χ2v) is 2.60. The van der Waals surface area contributed by atoms with Crippen LogP contribution in [0.1, 0.15) is 54.9 Å². The van der Waals surface area contributed by atoms with Gasteiger partial charge in [-0.05, 0) is 12.3 Å². The molecule has 0 bridgehead atoms. The van der Waals surface area contributed by atoms with Crippen LogP contribution in [0, 0.1) is 5.92 Å². The Kier molecular flexibility index (Phi) is 19.2. The lowest BCUT2D eigenvalue weighted by molar-refractivity contribution is 0.694. The van der Waals surface area contributed by atoms with E-state index in [-0.39, 0.29) is 14.9 Å². The van der Waals surface area contributed by atoms with Crippen molar-refractivity contribution in [3.05, 3.63) is 12.2 Å². The van der Waals surface area contributed by atoms with Gasteiger partial charge in [-0.25, -0.2) is 0 Å². The maximum atomic E-state index is 2.31. The van der Waals surface area contributed by atoms with Crippen LogP contribution >= 0.6 is 0 Å². The average Bonchev–Trinajstić information content (AvgIpc) is 1.89. The Hall–Kier alpha value is -0.260. The third-order valence-corrected chi connectivity index (χ3v) is 1.56. The molecule has 0 aromatic rings. The summed E-state index contributed by atoms with van der Waals surface area (Å²) in [7, 11) is 0. The molecule has 0 N–H and O–H groups in total. The van der Waals surface area contributed by atoms with Gasteiger partial charge in [-0.2, -0.15) is 0 Å². The number of allylic oxidation sites excluding steroid dienone is 2. The molecule has 0 aliphatic heterocycles. The highest BCUT2D eigenvalue weighted by molar-refractivity contribution is 4.85. The van der Waals surface area contributed by atoms with Crippen LogP contribution < -0.4 is 0 Å². The van der Waals surface area contributed by atoms with Gasteiger partial charge in [0.05, 0.1) is 0 Å². The monoisotopic (exact) mass is 158 g/mol. The average molecular weight is 158 g/mol. The standard InChI is InChI=1S/C9H18.2CH4/c1-4-6-7-8-9(3)5-2;;/h7-9H,4-6H2,1-3H3;2*1H4. The zero-order chi connectivity index (χ0) is 7.11. The van der Waals surface area contributed by atoms with Crippen molar-refractivity contribution < 1.29 is 0 Å². The van der Waals surface area contributed by atoms with Crippen LogP contribution in [0.15, 0.2) is 12.2 Å². The third-order valence-electron chi connectivity index (χ3n) is 1.56. The molecule has 1 atom stereocenters. The molecule has 0 aromatic carbocycles. The highest BCUT2D eigenvalue weighted by Crippen LogP contribution is 2.02. The van der Waals surface area contributed by atoms with E-state index in [1.54, 1.807) is 0 Å². The zero-order valence-electron chi connectivity index (χ0n) is 6.85. The summed E-state index contributed by atoms with van der Waals surface area (Å²) in [5.74, 6) is 0.775. The molecule has 0 nitrogen and oxygen atoms in total. The molecular formula is C11H26. The van der Waals surface area contributed by atoms with E-state index < -0.39 is 0 Å². The van der Waals surface area contributed by atoms with Gasteiger partial charge in [0, 0.05) is 0 Å². The fraction of sp³-hybridized carbons (Fsp3) is 0.818. The van der Waals surface area contributed by atoms with E-state index >= 15 is 0 Å². The maximum Gasteiger partial charge on any atom is -0.0265 e. The van der Waals surface area contributed by atoms with Gasteiger partial charge in [0.1, 0.15) is 0 Å². The summed E-state index contributed by atoms with van der Waals surface area (Å²) in [6.07, 6.45) is 8.37.